The molecule has 0 aromatic rings. The fourth-order valence-electron chi connectivity index (χ4n) is 1.45. The van der Waals surface area contributed by atoms with Crippen LogP contribution in [0.25, 0.3) is 0 Å². The standard InChI is InChI=1S/C10H19NO2/c1-7(5-6-12)11-10(13)8(2)9-3-4-9/h7-9,12H,3-6H2,1-2H3,(H,11,13). The van der Waals surface area contributed by atoms with Crippen LogP contribution >= 0.6 is 0 Å². The van der Waals surface area contributed by atoms with Crippen molar-refractivity contribution in [3.05, 3.63) is 0 Å². The van der Waals surface area contributed by atoms with Gasteiger partial charge in [0.1, 0.15) is 0 Å². The fraction of sp³-hybridized carbons (Fsp3) is 0.900. The minimum atomic E-state index is 0.0960. The number of hydrogen-bond donors (Lipinski definition) is 2. The molecule has 2 N–H and O–H groups in total. The van der Waals surface area contributed by atoms with Crippen LogP contribution in [0.4, 0.5) is 0 Å². The van der Waals surface area contributed by atoms with Crippen LogP contribution in [0.3, 0.4) is 0 Å². The Morgan fingerprint density at radius 1 is 1.54 bits per heavy atom. The summed E-state index contributed by atoms with van der Waals surface area (Å²) < 4.78 is 0. The van der Waals surface area contributed by atoms with E-state index in [1.165, 1.54) is 12.8 Å². The zero-order chi connectivity index (χ0) is 9.84. The number of amides is 1. The summed E-state index contributed by atoms with van der Waals surface area (Å²) in [4.78, 5) is 11.5. The van der Waals surface area contributed by atoms with Crippen molar-refractivity contribution < 1.29 is 9.90 Å². The molecule has 0 radical (unpaired) electrons. The van der Waals surface area contributed by atoms with Crippen LogP contribution in [0.2, 0.25) is 0 Å². The molecular formula is C10H19NO2. The predicted molar refractivity (Wildman–Crippen MR) is 51.2 cm³/mol. The normalized spacial score (nSPS) is 20.8. The van der Waals surface area contributed by atoms with E-state index >= 15 is 0 Å². The molecule has 0 spiro atoms. The first-order chi connectivity index (χ1) is 6.15. The van der Waals surface area contributed by atoms with Gasteiger partial charge >= 0.3 is 0 Å². The highest BCUT2D eigenvalue weighted by Gasteiger charge is 2.32. The van der Waals surface area contributed by atoms with Crippen molar-refractivity contribution in [1.82, 2.24) is 5.32 Å². The molecule has 2 atom stereocenters. The van der Waals surface area contributed by atoms with E-state index in [2.05, 4.69) is 5.32 Å². The zero-order valence-corrected chi connectivity index (χ0v) is 8.42. The van der Waals surface area contributed by atoms with Gasteiger partial charge in [0.2, 0.25) is 5.91 Å². The Morgan fingerprint density at radius 2 is 2.15 bits per heavy atom. The Kier molecular flexibility index (Phi) is 3.72. The first-order valence-electron chi connectivity index (χ1n) is 5.06. The first-order valence-corrected chi connectivity index (χ1v) is 5.06. The lowest BCUT2D eigenvalue weighted by Crippen LogP contribution is -2.37. The maximum Gasteiger partial charge on any atom is 0.223 e. The number of nitrogens with one attached hydrogen (secondary N) is 1. The van der Waals surface area contributed by atoms with Gasteiger partial charge in [-0.25, -0.2) is 0 Å². The molecule has 0 bridgehead atoms. The van der Waals surface area contributed by atoms with Gasteiger partial charge in [-0.1, -0.05) is 6.92 Å². The number of aliphatic hydroxyl groups is 1. The summed E-state index contributed by atoms with van der Waals surface area (Å²) in [5, 5.41) is 11.6. The van der Waals surface area contributed by atoms with Crippen molar-refractivity contribution in [2.24, 2.45) is 11.8 Å². The van der Waals surface area contributed by atoms with Crippen molar-refractivity contribution >= 4 is 5.91 Å². The molecule has 0 aromatic carbocycles. The second-order valence-electron chi connectivity index (χ2n) is 4.05. The van der Waals surface area contributed by atoms with Crippen LogP contribution < -0.4 is 5.32 Å². The zero-order valence-electron chi connectivity index (χ0n) is 8.42. The van der Waals surface area contributed by atoms with Crippen LogP contribution in [0.15, 0.2) is 0 Å². The molecule has 0 aromatic heterocycles. The molecule has 13 heavy (non-hydrogen) atoms. The minimum absolute atomic E-state index is 0.0960. The molecule has 1 fully saturated rings. The molecule has 0 heterocycles. The van der Waals surface area contributed by atoms with E-state index in [1.54, 1.807) is 0 Å². The second-order valence-corrected chi connectivity index (χ2v) is 4.05. The van der Waals surface area contributed by atoms with E-state index < -0.39 is 0 Å². The molecule has 3 nitrogen and oxygen atoms in total. The van der Waals surface area contributed by atoms with Crippen LogP contribution in [0, 0.1) is 11.8 Å². The van der Waals surface area contributed by atoms with E-state index in [1.807, 2.05) is 13.8 Å². The Balaban J connectivity index is 2.22. The highest BCUT2D eigenvalue weighted by molar-refractivity contribution is 5.79. The summed E-state index contributed by atoms with van der Waals surface area (Å²) in [6, 6.07) is 0.0960. The lowest BCUT2D eigenvalue weighted by atomic mass is 10.1. The Bertz CT molecular complexity index is 178. The number of aliphatic hydroxyl groups excluding tert-OH is 1. The number of carbonyl (C=O) groups excluding carboxylic acids is 1. The summed E-state index contributed by atoms with van der Waals surface area (Å²) in [6.07, 6.45) is 3.04. The Labute approximate surface area is 79.5 Å². The Morgan fingerprint density at radius 3 is 2.62 bits per heavy atom. The fourth-order valence-corrected chi connectivity index (χ4v) is 1.45. The number of hydrogen-bond acceptors (Lipinski definition) is 2. The third kappa shape index (κ3) is 3.35. The molecule has 1 aliphatic rings. The maximum atomic E-state index is 11.5. The molecule has 1 rings (SSSR count). The summed E-state index contributed by atoms with van der Waals surface area (Å²) in [5.74, 6) is 0.908. The highest BCUT2D eigenvalue weighted by atomic mass is 16.3. The SMILES string of the molecule is CC(CCO)NC(=O)C(C)C1CC1. The topological polar surface area (TPSA) is 49.3 Å². The molecule has 76 valence electrons. The third-order valence-electron chi connectivity index (χ3n) is 2.69. The van der Waals surface area contributed by atoms with Crippen molar-refractivity contribution in [1.29, 1.82) is 0 Å². The lowest BCUT2D eigenvalue weighted by Gasteiger charge is -2.16. The average molecular weight is 185 g/mol. The Hall–Kier alpha value is -0.570. The van der Waals surface area contributed by atoms with Crippen molar-refractivity contribution in [3.8, 4) is 0 Å². The summed E-state index contributed by atoms with van der Waals surface area (Å²) in [6.45, 7) is 4.05. The van der Waals surface area contributed by atoms with Gasteiger partial charge in [0, 0.05) is 18.6 Å². The molecule has 1 amide bonds. The molecule has 0 aliphatic heterocycles. The van der Waals surface area contributed by atoms with Gasteiger partial charge in [0.25, 0.3) is 0 Å². The largest absolute Gasteiger partial charge is 0.396 e. The molecule has 1 saturated carbocycles. The van der Waals surface area contributed by atoms with Crippen LogP contribution in [0.5, 0.6) is 0 Å². The maximum absolute atomic E-state index is 11.5. The average Bonchev–Trinajstić information content (AvgIpc) is 2.85. The monoisotopic (exact) mass is 185 g/mol. The van der Waals surface area contributed by atoms with Crippen LogP contribution in [-0.2, 0) is 4.79 Å². The van der Waals surface area contributed by atoms with Gasteiger partial charge in [-0.15, -0.1) is 0 Å². The summed E-state index contributed by atoms with van der Waals surface area (Å²) in [7, 11) is 0. The van der Waals surface area contributed by atoms with Gasteiger partial charge in [0.05, 0.1) is 0 Å². The first kappa shape index (κ1) is 10.5. The molecule has 2 unspecified atom stereocenters. The van der Waals surface area contributed by atoms with Crippen LogP contribution in [0.1, 0.15) is 33.1 Å². The second kappa shape index (κ2) is 4.61. The molecule has 0 saturated heterocycles. The van der Waals surface area contributed by atoms with Gasteiger partial charge in [-0.3, -0.25) is 4.79 Å². The third-order valence-corrected chi connectivity index (χ3v) is 2.69. The molecule has 1 aliphatic carbocycles. The quantitative estimate of drug-likeness (QED) is 0.669. The van der Waals surface area contributed by atoms with E-state index in [4.69, 9.17) is 5.11 Å². The lowest BCUT2D eigenvalue weighted by molar-refractivity contribution is -0.125. The van der Waals surface area contributed by atoms with E-state index in [0.29, 0.717) is 12.3 Å². The smallest absolute Gasteiger partial charge is 0.223 e. The summed E-state index contributed by atoms with van der Waals surface area (Å²) >= 11 is 0. The van der Waals surface area contributed by atoms with Gasteiger partial charge in [-0.2, -0.15) is 0 Å². The van der Waals surface area contributed by atoms with Crippen molar-refractivity contribution in [2.75, 3.05) is 6.61 Å². The number of rotatable bonds is 5. The number of carbonyl (C=O) groups is 1. The summed E-state index contributed by atoms with van der Waals surface area (Å²) in [5.41, 5.74) is 0. The minimum Gasteiger partial charge on any atom is -0.396 e. The molecular weight excluding hydrogens is 166 g/mol. The van der Waals surface area contributed by atoms with Crippen molar-refractivity contribution in [3.63, 3.8) is 0 Å². The van der Waals surface area contributed by atoms with E-state index in [9.17, 15) is 4.79 Å². The van der Waals surface area contributed by atoms with E-state index in [-0.39, 0.29) is 24.5 Å². The van der Waals surface area contributed by atoms with Crippen LogP contribution in [-0.4, -0.2) is 23.7 Å². The van der Waals surface area contributed by atoms with Crippen molar-refractivity contribution in [2.45, 2.75) is 39.2 Å². The highest BCUT2D eigenvalue weighted by Crippen LogP contribution is 2.36. The van der Waals surface area contributed by atoms with Gasteiger partial charge in [0.15, 0.2) is 0 Å². The van der Waals surface area contributed by atoms with Gasteiger partial charge in [-0.05, 0) is 32.1 Å². The van der Waals surface area contributed by atoms with Gasteiger partial charge < -0.3 is 10.4 Å². The van der Waals surface area contributed by atoms with E-state index in [0.717, 1.165) is 0 Å². The predicted octanol–water partition coefficient (Wildman–Crippen LogP) is 0.920. The molecule has 3 heteroatoms.